The molecule has 48 valence electrons. The van der Waals surface area contributed by atoms with Crippen molar-refractivity contribution in [3.8, 4) is 0 Å². The number of imide groups is 1. The first-order chi connectivity index (χ1) is 4.24. The van der Waals surface area contributed by atoms with Gasteiger partial charge in [0.25, 0.3) is 5.91 Å². The highest BCUT2D eigenvalue weighted by Gasteiger charge is 2.21. The monoisotopic (exact) mass is 126 g/mol. The minimum absolute atomic E-state index is 0.319. The second kappa shape index (κ2) is 1.89. The zero-order chi connectivity index (χ0) is 6.85. The first-order valence-electron chi connectivity index (χ1n) is 2.52. The van der Waals surface area contributed by atoms with E-state index in [1.165, 1.54) is 0 Å². The molecule has 2 N–H and O–H groups in total. The minimum atomic E-state index is -0.451. The van der Waals surface area contributed by atoms with Crippen LogP contribution < -0.4 is 10.6 Å². The summed E-state index contributed by atoms with van der Waals surface area (Å²) in [6, 6.07) is -0.451. The van der Waals surface area contributed by atoms with Crippen molar-refractivity contribution in [1.29, 1.82) is 0 Å². The number of hydrogen-bond donors (Lipinski definition) is 2. The minimum Gasteiger partial charge on any atom is -0.303 e. The number of nitrogens with one attached hydrogen (secondary N) is 2. The summed E-state index contributed by atoms with van der Waals surface area (Å²) in [5, 5.41) is 4.38. The molecule has 1 aliphatic rings. The van der Waals surface area contributed by atoms with E-state index in [1.807, 2.05) is 0 Å². The number of rotatable bonds is 0. The Hall–Kier alpha value is -1.32. The molecular formula is C5H6N2O2. The second-order valence-electron chi connectivity index (χ2n) is 1.61. The molecule has 0 radical (unpaired) electrons. The SMILES string of the molecule is C/C=C1/NC(=O)NC1=O. The smallest absolute Gasteiger partial charge is 0.303 e. The van der Waals surface area contributed by atoms with Gasteiger partial charge >= 0.3 is 6.03 Å². The average molecular weight is 126 g/mol. The van der Waals surface area contributed by atoms with Crippen molar-refractivity contribution in [3.63, 3.8) is 0 Å². The van der Waals surface area contributed by atoms with Crippen LogP contribution in [0.2, 0.25) is 0 Å². The zero-order valence-electron chi connectivity index (χ0n) is 4.89. The maximum Gasteiger partial charge on any atom is 0.326 e. The highest BCUT2D eigenvalue weighted by atomic mass is 16.2. The van der Waals surface area contributed by atoms with E-state index in [0.717, 1.165) is 0 Å². The summed E-state index contributed by atoms with van der Waals surface area (Å²) in [6.07, 6.45) is 1.54. The topological polar surface area (TPSA) is 58.2 Å². The number of carbonyl (C=O) groups excluding carboxylic acids is 2. The Morgan fingerprint density at radius 3 is 2.22 bits per heavy atom. The number of urea groups is 1. The summed E-state index contributed by atoms with van der Waals surface area (Å²) in [4.78, 5) is 20.9. The molecule has 0 aliphatic carbocycles. The van der Waals surface area contributed by atoms with Crippen LogP contribution >= 0.6 is 0 Å². The Morgan fingerprint density at radius 1 is 1.33 bits per heavy atom. The fraction of sp³-hybridized carbons (Fsp3) is 0.200. The molecule has 1 fully saturated rings. The van der Waals surface area contributed by atoms with Gasteiger partial charge in [0, 0.05) is 0 Å². The van der Waals surface area contributed by atoms with Crippen LogP contribution in [0.1, 0.15) is 6.92 Å². The van der Waals surface area contributed by atoms with Crippen molar-refractivity contribution in [2.45, 2.75) is 6.92 Å². The molecule has 4 nitrogen and oxygen atoms in total. The Balaban J connectivity index is 2.81. The highest BCUT2D eigenvalue weighted by Crippen LogP contribution is 1.94. The molecular weight excluding hydrogens is 120 g/mol. The van der Waals surface area contributed by atoms with Crippen molar-refractivity contribution in [2.75, 3.05) is 0 Å². The fourth-order valence-electron chi connectivity index (χ4n) is 0.584. The Bertz CT molecular complexity index is 195. The molecule has 1 rings (SSSR count). The predicted molar refractivity (Wildman–Crippen MR) is 30.4 cm³/mol. The van der Waals surface area contributed by atoms with E-state index in [-0.39, 0.29) is 5.91 Å². The quantitative estimate of drug-likeness (QED) is 0.346. The molecule has 0 spiro atoms. The summed E-state index contributed by atoms with van der Waals surface area (Å²) < 4.78 is 0. The molecule has 0 aromatic carbocycles. The van der Waals surface area contributed by atoms with Gasteiger partial charge in [-0.1, -0.05) is 6.08 Å². The van der Waals surface area contributed by atoms with Gasteiger partial charge < -0.3 is 5.32 Å². The number of amides is 3. The van der Waals surface area contributed by atoms with E-state index < -0.39 is 6.03 Å². The van der Waals surface area contributed by atoms with Crippen LogP contribution in [0.5, 0.6) is 0 Å². The first kappa shape index (κ1) is 5.81. The van der Waals surface area contributed by atoms with Gasteiger partial charge in [-0.05, 0) is 6.92 Å². The van der Waals surface area contributed by atoms with Gasteiger partial charge in [-0.15, -0.1) is 0 Å². The van der Waals surface area contributed by atoms with E-state index in [2.05, 4.69) is 10.6 Å². The summed E-state index contributed by atoms with van der Waals surface area (Å²) >= 11 is 0. The molecule has 1 aliphatic heterocycles. The molecule has 9 heavy (non-hydrogen) atoms. The lowest BCUT2D eigenvalue weighted by Gasteiger charge is -1.85. The molecule has 3 amide bonds. The van der Waals surface area contributed by atoms with Crippen LogP contribution in [0.15, 0.2) is 11.8 Å². The standard InChI is InChI=1S/C5H6N2O2/c1-2-3-4(8)7-5(9)6-3/h2H,1H3,(H2,6,7,8,9)/b3-2+. The normalized spacial score (nSPS) is 22.1. The average Bonchev–Trinajstić information content (AvgIpc) is 2.10. The number of allylic oxidation sites excluding steroid dienone is 1. The highest BCUT2D eigenvalue weighted by molar-refractivity contribution is 6.11. The number of hydrogen-bond acceptors (Lipinski definition) is 2. The van der Waals surface area contributed by atoms with Gasteiger partial charge in [0.15, 0.2) is 0 Å². The van der Waals surface area contributed by atoms with E-state index in [4.69, 9.17) is 0 Å². The van der Waals surface area contributed by atoms with Crippen LogP contribution in [0.25, 0.3) is 0 Å². The van der Waals surface area contributed by atoms with E-state index in [1.54, 1.807) is 13.0 Å². The molecule has 0 atom stereocenters. The van der Waals surface area contributed by atoms with Crippen molar-refractivity contribution in [3.05, 3.63) is 11.8 Å². The summed E-state index contributed by atoms with van der Waals surface area (Å²) in [5.41, 5.74) is 0.319. The van der Waals surface area contributed by atoms with E-state index in [9.17, 15) is 9.59 Å². The molecule has 0 aromatic rings. The molecule has 4 heteroatoms. The van der Waals surface area contributed by atoms with Crippen LogP contribution in [-0.2, 0) is 4.79 Å². The molecule has 1 saturated heterocycles. The molecule has 0 unspecified atom stereocenters. The van der Waals surface area contributed by atoms with Crippen LogP contribution in [0, 0.1) is 0 Å². The lowest BCUT2D eigenvalue weighted by Crippen LogP contribution is -2.22. The van der Waals surface area contributed by atoms with Crippen LogP contribution in [0.3, 0.4) is 0 Å². The van der Waals surface area contributed by atoms with Crippen molar-refractivity contribution < 1.29 is 9.59 Å². The molecule has 0 bridgehead atoms. The Labute approximate surface area is 51.9 Å². The van der Waals surface area contributed by atoms with Crippen molar-refractivity contribution in [2.24, 2.45) is 0 Å². The summed E-state index contributed by atoms with van der Waals surface area (Å²) in [7, 11) is 0. The van der Waals surface area contributed by atoms with Gasteiger partial charge in [-0.25, -0.2) is 4.79 Å². The molecule has 0 saturated carbocycles. The lowest BCUT2D eigenvalue weighted by molar-refractivity contribution is -0.115. The van der Waals surface area contributed by atoms with Gasteiger partial charge in [0.05, 0.1) is 0 Å². The van der Waals surface area contributed by atoms with Crippen LogP contribution in [-0.4, -0.2) is 11.9 Å². The van der Waals surface area contributed by atoms with Gasteiger partial charge in [0.1, 0.15) is 5.70 Å². The predicted octanol–water partition coefficient (Wildman–Crippen LogP) is -0.270. The third kappa shape index (κ3) is 0.910. The van der Waals surface area contributed by atoms with Gasteiger partial charge in [0.2, 0.25) is 0 Å². The lowest BCUT2D eigenvalue weighted by atomic mass is 10.4. The first-order valence-corrected chi connectivity index (χ1v) is 2.52. The van der Waals surface area contributed by atoms with Crippen LogP contribution in [0.4, 0.5) is 4.79 Å². The van der Waals surface area contributed by atoms with Gasteiger partial charge in [-0.3, -0.25) is 10.1 Å². The second-order valence-corrected chi connectivity index (χ2v) is 1.61. The van der Waals surface area contributed by atoms with E-state index in [0.29, 0.717) is 5.70 Å². The number of carbonyl (C=O) groups is 2. The zero-order valence-corrected chi connectivity index (χ0v) is 4.89. The molecule has 1 heterocycles. The summed E-state index contributed by atoms with van der Waals surface area (Å²) in [5.74, 6) is -0.359. The maximum absolute atomic E-state index is 10.6. The van der Waals surface area contributed by atoms with Crippen molar-refractivity contribution in [1.82, 2.24) is 10.6 Å². The fourth-order valence-corrected chi connectivity index (χ4v) is 0.584. The summed E-state index contributed by atoms with van der Waals surface area (Å²) in [6.45, 7) is 1.68. The third-order valence-electron chi connectivity index (χ3n) is 1.01. The molecule has 0 aromatic heterocycles. The maximum atomic E-state index is 10.6. The third-order valence-corrected chi connectivity index (χ3v) is 1.01. The van der Waals surface area contributed by atoms with Gasteiger partial charge in [-0.2, -0.15) is 0 Å². The Kier molecular flexibility index (Phi) is 1.22. The largest absolute Gasteiger partial charge is 0.326 e. The van der Waals surface area contributed by atoms with Crippen molar-refractivity contribution >= 4 is 11.9 Å². The van der Waals surface area contributed by atoms with E-state index >= 15 is 0 Å². The Morgan fingerprint density at radius 2 is 2.00 bits per heavy atom.